The van der Waals surface area contributed by atoms with Crippen molar-refractivity contribution in [3.05, 3.63) is 29.6 Å². The van der Waals surface area contributed by atoms with Crippen molar-refractivity contribution in [2.75, 3.05) is 19.7 Å². The molecule has 114 valence electrons. The second-order valence-corrected chi connectivity index (χ2v) is 5.00. The minimum Gasteiger partial charge on any atom is -0.507 e. The Balaban J connectivity index is 2.12. The zero-order valence-electron chi connectivity index (χ0n) is 11.8. The number of aromatic hydroxyl groups is 1. The van der Waals surface area contributed by atoms with Crippen LogP contribution in [0.15, 0.2) is 18.2 Å². The molecular formula is C15H18FNO4. The lowest BCUT2D eigenvalue weighted by Gasteiger charge is -2.31. The minimum atomic E-state index is -0.588. The summed E-state index contributed by atoms with van der Waals surface area (Å²) < 4.78 is 18.2. The van der Waals surface area contributed by atoms with Crippen LogP contribution in [-0.2, 0) is 9.53 Å². The van der Waals surface area contributed by atoms with Crippen molar-refractivity contribution in [2.24, 2.45) is 5.92 Å². The third kappa shape index (κ3) is 3.51. The molecule has 5 nitrogen and oxygen atoms in total. The van der Waals surface area contributed by atoms with E-state index in [1.54, 1.807) is 6.92 Å². The molecule has 0 spiro atoms. The van der Waals surface area contributed by atoms with Crippen LogP contribution in [0.4, 0.5) is 4.39 Å². The minimum absolute atomic E-state index is 0.0838. The third-order valence-corrected chi connectivity index (χ3v) is 3.52. The fourth-order valence-electron chi connectivity index (χ4n) is 2.46. The highest BCUT2D eigenvalue weighted by Crippen LogP contribution is 2.24. The number of carbonyl (C=O) groups is 2. The second-order valence-electron chi connectivity index (χ2n) is 5.00. The fraction of sp³-hybridized carbons (Fsp3) is 0.467. The number of phenols is 1. The Hall–Kier alpha value is -2.11. The number of esters is 1. The van der Waals surface area contributed by atoms with Gasteiger partial charge in [0.05, 0.1) is 18.1 Å². The number of phenolic OH excluding ortho intramolecular Hbond substituents is 1. The summed E-state index contributed by atoms with van der Waals surface area (Å²) in [5.74, 6) is -2.01. The van der Waals surface area contributed by atoms with E-state index in [4.69, 9.17) is 4.74 Å². The number of benzene rings is 1. The molecule has 6 heteroatoms. The SMILES string of the molecule is CCOC(=O)C1CCCN(C(=O)c2cc(F)ccc2O)C1. The summed E-state index contributed by atoms with van der Waals surface area (Å²) in [5.41, 5.74) is -0.0838. The first-order chi connectivity index (χ1) is 10.0. The van der Waals surface area contributed by atoms with Crippen molar-refractivity contribution in [1.82, 2.24) is 4.90 Å². The van der Waals surface area contributed by atoms with Crippen LogP contribution >= 0.6 is 0 Å². The normalized spacial score (nSPS) is 18.4. The first kappa shape index (κ1) is 15.3. The molecule has 1 amide bonds. The summed E-state index contributed by atoms with van der Waals surface area (Å²) >= 11 is 0. The molecule has 0 aliphatic carbocycles. The fourth-order valence-corrected chi connectivity index (χ4v) is 2.46. The number of hydrogen-bond acceptors (Lipinski definition) is 4. The van der Waals surface area contributed by atoms with Gasteiger partial charge in [-0.3, -0.25) is 9.59 Å². The van der Waals surface area contributed by atoms with Crippen LogP contribution in [0.1, 0.15) is 30.1 Å². The topological polar surface area (TPSA) is 66.8 Å². The number of rotatable bonds is 3. The average molecular weight is 295 g/mol. The molecule has 0 bridgehead atoms. The second kappa shape index (κ2) is 6.56. The Morgan fingerprint density at radius 3 is 2.95 bits per heavy atom. The molecule has 0 radical (unpaired) electrons. The van der Waals surface area contributed by atoms with Gasteiger partial charge in [0, 0.05) is 13.1 Å². The van der Waals surface area contributed by atoms with E-state index in [0.29, 0.717) is 26.0 Å². The van der Waals surface area contributed by atoms with Gasteiger partial charge < -0.3 is 14.7 Å². The standard InChI is InChI=1S/C15H18FNO4/c1-2-21-15(20)10-4-3-7-17(9-10)14(19)12-8-11(16)5-6-13(12)18/h5-6,8,10,18H,2-4,7,9H2,1H3. The number of likely N-dealkylation sites (tertiary alicyclic amines) is 1. The van der Waals surface area contributed by atoms with Crippen molar-refractivity contribution >= 4 is 11.9 Å². The number of halogens is 1. The quantitative estimate of drug-likeness (QED) is 0.865. The molecule has 21 heavy (non-hydrogen) atoms. The number of carbonyl (C=O) groups excluding carboxylic acids is 2. The molecule has 0 aromatic heterocycles. The van der Waals surface area contributed by atoms with Gasteiger partial charge in [-0.2, -0.15) is 0 Å². The van der Waals surface area contributed by atoms with E-state index < -0.39 is 11.7 Å². The van der Waals surface area contributed by atoms with Gasteiger partial charge >= 0.3 is 5.97 Å². The maximum Gasteiger partial charge on any atom is 0.310 e. The van der Waals surface area contributed by atoms with E-state index in [9.17, 15) is 19.1 Å². The van der Waals surface area contributed by atoms with E-state index in [-0.39, 0.29) is 29.7 Å². The number of hydrogen-bond donors (Lipinski definition) is 1. The van der Waals surface area contributed by atoms with Gasteiger partial charge in [-0.05, 0) is 38.0 Å². The van der Waals surface area contributed by atoms with Crippen molar-refractivity contribution in [3.8, 4) is 5.75 Å². The van der Waals surface area contributed by atoms with E-state index >= 15 is 0 Å². The highest BCUT2D eigenvalue weighted by atomic mass is 19.1. The first-order valence-corrected chi connectivity index (χ1v) is 6.97. The van der Waals surface area contributed by atoms with Crippen LogP contribution in [0.5, 0.6) is 5.75 Å². The molecule has 2 rings (SSSR count). The Kier molecular flexibility index (Phi) is 4.77. The number of ether oxygens (including phenoxy) is 1. The van der Waals surface area contributed by atoms with Gasteiger partial charge in [0.2, 0.25) is 0 Å². The smallest absolute Gasteiger partial charge is 0.310 e. The first-order valence-electron chi connectivity index (χ1n) is 6.97. The Labute approximate surface area is 122 Å². The Morgan fingerprint density at radius 1 is 1.48 bits per heavy atom. The predicted octanol–water partition coefficient (Wildman–Crippen LogP) is 1.95. The lowest BCUT2D eigenvalue weighted by Crippen LogP contribution is -2.42. The van der Waals surface area contributed by atoms with Gasteiger partial charge in [-0.15, -0.1) is 0 Å². The van der Waals surface area contributed by atoms with E-state index in [1.165, 1.54) is 4.90 Å². The molecule has 1 atom stereocenters. The largest absolute Gasteiger partial charge is 0.507 e. The number of nitrogens with zero attached hydrogens (tertiary/aromatic N) is 1. The Morgan fingerprint density at radius 2 is 2.24 bits per heavy atom. The van der Waals surface area contributed by atoms with Crippen molar-refractivity contribution < 1.29 is 23.8 Å². The molecule has 0 saturated carbocycles. The van der Waals surface area contributed by atoms with Gasteiger partial charge in [0.25, 0.3) is 5.91 Å². The van der Waals surface area contributed by atoms with Crippen molar-refractivity contribution in [1.29, 1.82) is 0 Å². The van der Waals surface area contributed by atoms with Crippen molar-refractivity contribution in [3.63, 3.8) is 0 Å². The lowest BCUT2D eigenvalue weighted by molar-refractivity contribution is -0.149. The molecular weight excluding hydrogens is 277 g/mol. The molecule has 1 aliphatic rings. The molecule has 1 N–H and O–H groups in total. The summed E-state index contributed by atoms with van der Waals surface area (Å²) in [6.07, 6.45) is 1.34. The van der Waals surface area contributed by atoms with E-state index in [0.717, 1.165) is 18.2 Å². The van der Waals surface area contributed by atoms with Gasteiger partial charge in [0.15, 0.2) is 0 Å². The number of piperidine rings is 1. The van der Waals surface area contributed by atoms with E-state index in [1.807, 2.05) is 0 Å². The van der Waals surface area contributed by atoms with Gasteiger partial charge in [0.1, 0.15) is 11.6 Å². The maximum atomic E-state index is 13.2. The summed E-state index contributed by atoms with van der Waals surface area (Å²) in [4.78, 5) is 25.6. The summed E-state index contributed by atoms with van der Waals surface area (Å²) in [7, 11) is 0. The maximum absolute atomic E-state index is 13.2. The highest BCUT2D eigenvalue weighted by Gasteiger charge is 2.30. The van der Waals surface area contributed by atoms with Gasteiger partial charge in [-0.25, -0.2) is 4.39 Å². The van der Waals surface area contributed by atoms with Crippen molar-refractivity contribution in [2.45, 2.75) is 19.8 Å². The molecule has 1 unspecified atom stereocenters. The van der Waals surface area contributed by atoms with Gasteiger partial charge in [-0.1, -0.05) is 0 Å². The number of amides is 1. The highest BCUT2D eigenvalue weighted by molar-refractivity contribution is 5.97. The van der Waals surface area contributed by atoms with E-state index in [2.05, 4.69) is 0 Å². The summed E-state index contributed by atoms with van der Waals surface area (Å²) in [6, 6.07) is 3.24. The van der Waals surface area contributed by atoms with Crippen LogP contribution in [0.25, 0.3) is 0 Å². The zero-order chi connectivity index (χ0) is 15.4. The molecule has 1 aromatic carbocycles. The lowest BCUT2D eigenvalue weighted by atomic mass is 9.97. The summed E-state index contributed by atoms with van der Waals surface area (Å²) in [5, 5.41) is 9.69. The third-order valence-electron chi connectivity index (χ3n) is 3.52. The Bertz CT molecular complexity index is 546. The molecule has 1 aromatic rings. The van der Waals surface area contributed by atoms with Crippen LogP contribution in [-0.4, -0.2) is 41.6 Å². The van der Waals surface area contributed by atoms with Crippen LogP contribution in [0.2, 0.25) is 0 Å². The average Bonchev–Trinajstić information content (AvgIpc) is 2.49. The van der Waals surface area contributed by atoms with Crippen LogP contribution in [0, 0.1) is 11.7 Å². The zero-order valence-corrected chi connectivity index (χ0v) is 11.8. The van der Waals surface area contributed by atoms with Crippen LogP contribution < -0.4 is 0 Å². The predicted molar refractivity (Wildman–Crippen MR) is 73.3 cm³/mol. The monoisotopic (exact) mass is 295 g/mol. The molecule has 1 heterocycles. The molecule has 1 aliphatic heterocycles. The molecule has 1 saturated heterocycles. The molecule has 1 fully saturated rings. The van der Waals surface area contributed by atoms with Crippen LogP contribution in [0.3, 0.4) is 0 Å². The summed E-state index contributed by atoms with van der Waals surface area (Å²) in [6.45, 7) is 2.74.